The fourth-order valence-electron chi connectivity index (χ4n) is 1.60. The molecule has 1 aromatic carbocycles. The Morgan fingerprint density at radius 1 is 1.10 bits per heavy atom. The van der Waals surface area contributed by atoms with Gasteiger partial charge in [-0.2, -0.15) is 0 Å². The fraction of sp³-hybridized carbons (Fsp3) is 0.385. The summed E-state index contributed by atoms with van der Waals surface area (Å²) in [7, 11) is 0. The molecule has 0 heterocycles. The highest BCUT2D eigenvalue weighted by atomic mass is 19.4. The minimum atomic E-state index is -4.91. The first-order valence-corrected chi connectivity index (χ1v) is 5.62. The second kappa shape index (κ2) is 5.52. The zero-order valence-corrected chi connectivity index (χ0v) is 11.1. The SMILES string of the molecule is CC(=O)OC(C)(C)C(=O)c1ccccc1OC(F)(F)F. The van der Waals surface area contributed by atoms with E-state index in [4.69, 9.17) is 4.74 Å². The van der Waals surface area contributed by atoms with Crippen LogP contribution >= 0.6 is 0 Å². The molecule has 0 saturated heterocycles. The summed E-state index contributed by atoms with van der Waals surface area (Å²) in [4.78, 5) is 23.1. The van der Waals surface area contributed by atoms with Gasteiger partial charge in [0, 0.05) is 6.92 Å². The van der Waals surface area contributed by atoms with E-state index in [1.807, 2.05) is 0 Å². The van der Waals surface area contributed by atoms with Crippen molar-refractivity contribution in [3.05, 3.63) is 29.8 Å². The summed E-state index contributed by atoms with van der Waals surface area (Å²) in [6.07, 6.45) is -4.91. The van der Waals surface area contributed by atoms with Crippen molar-refractivity contribution >= 4 is 11.8 Å². The quantitative estimate of drug-likeness (QED) is 0.631. The average Bonchev–Trinajstić information content (AvgIpc) is 2.25. The van der Waals surface area contributed by atoms with Gasteiger partial charge in [0.25, 0.3) is 0 Å². The van der Waals surface area contributed by atoms with Crippen LogP contribution in [-0.2, 0) is 9.53 Å². The number of rotatable bonds is 4. The molecule has 0 unspecified atom stereocenters. The summed E-state index contributed by atoms with van der Waals surface area (Å²) in [5, 5.41) is 0. The van der Waals surface area contributed by atoms with Crippen molar-refractivity contribution in [1.29, 1.82) is 0 Å². The smallest absolute Gasteiger partial charge is 0.451 e. The van der Waals surface area contributed by atoms with Crippen LogP contribution in [0.2, 0.25) is 0 Å². The first kappa shape index (κ1) is 16.0. The van der Waals surface area contributed by atoms with Crippen LogP contribution in [0.25, 0.3) is 0 Å². The molecular weight excluding hydrogens is 277 g/mol. The molecule has 0 aromatic heterocycles. The second-order valence-corrected chi connectivity index (χ2v) is 4.48. The number of halogens is 3. The Labute approximate surface area is 113 Å². The van der Waals surface area contributed by atoms with Crippen molar-refractivity contribution in [3.63, 3.8) is 0 Å². The highest BCUT2D eigenvalue weighted by molar-refractivity contribution is 6.04. The van der Waals surface area contributed by atoms with E-state index in [-0.39, 0.29) is 5.56 Å². The third-order valence-corrected chi connectivity index (χ3v) is 2.30. The van der Waals surface area contributed by atoms with Crippen LogP contribution in [0.5, 0.6) is 5.75 Å². The zero-order valence-electron chi connectivity index (χ0n) is 11.1. The third-order valence-electron chi connectivity index (χ3n) is 2.30. The van der Waals surface area contributed by atoms with E-state index >= 15 is 0 Å². The van der Waals surface area contributed by atoms with E-state index in [9.17, 15) is 22.8 Å². The van der Waals surface area contributed by atoms with Gasteiger partial charge in [-0.05, 0) is 26.0 Å². The summed E-state index contributed by atoms with van der Waals surface area (Å²) in [6, 6.07) is 4.89. The van der Waals surface area contributed by atoms with Crippen LogP contribution in [0.4, 0.5) is 13.2 Å². The number of benzene rings is 1. The van der Waals surface area contributed by atoms with E-state index in [2.05, 4.69) is 4.74 Å². The lowest BCUT2D eigenvalue weighted by Gasteiger charge is -2.24. The summed E-state index contributed by atoms with van der Waals surface area (Å²) < 4.78 is 45.4. The van der Waals surface area contributed by atoms with Gasteiger partial charge in [0.2, 0.25) is 5.78 Å². The van der Waals surface area contributed by atoms with Crippen LogP contribution in [-0.4, -0.2) is 23.7 Å². The number of ether oxygens (including phenoxy) is 2. The van der Waals surface area contributed by atoms with Crippen molar-refractivity contribution in [3.8, 4) is 5.75 Å². The molecule has 0 atom stereocenters. The molecule has 0 aliphatic rings. The van der Waals surface area contributed by atoms with E-state index in [1.165, 1.54) is 32.0 Å². The standard InChI is InChI=1S/C13H13F3O4/c1-8(17)19-12(2,3)11(18)9-6-4-5-7-10(9)20-13(14,15)16/h4-7H,1-3H3. The van der Waals surface area contributed by atoms with Crippen molar-refractivity contribution in [2.75, 3.05) is 0 Å². The molecule has 0 N–H and O–H groups in total. The summed E-state index contributed by atoms with van der Waals surface area (Å²) in [5.74, 6) is -2.13. The van der Waals surface area contributed by atoms with Crippen LogP contribution < -0.4 is 4.74 Å². The molecule has 0 saturated carbocycles. The highest BCUT2D eigenvalue weighted by Gasteiger charge is 2.37. The Balaban J connectivity index is 3.13. The van der Waals surface area contributed by atoms with E-state index in [1.54, 1.807) is 0 Å². The van der Waals surface area contributed by atoms with Crippen LogP contribution in [0.1, 0.15) is 31.1 Å². The van der Waals surface area contributed by atoms with E-state index in [0.29, 0.717) is 0 Å². The van der Waals surface area contributed by atoms with Crippen LogP contribution in [0, 0.1) is 0 Å². The number of ketones is 1. The predicted octanol–water partition coefficient (Wildman–Crippen LogP) is 3.11. The van der Waals surface area contributed by atoms with Gasteiger partial charge in [-0.25, -0.2) is 0 Å². The van der Waals surface area contributed by atoms with Gasteiger partial charge >= 0.3 is 12.3 Å². The minimum absolute atomic E-state index is 0.309. The fourth-order valence-corrected chi connectivity index (χ4v) is 1.60. The van der Waals surface area contributed by atoms with Crippen molar-refractivity contribution in [2.24, 2.45) is 0 Å². The summed E-state index contributed by atoms with van der Waals surface area (Å²) >= 11 is 0. The minimum Gasteiger partial charge on any atom is -0.451 e. The number of para-hydroxylation sites is 1. The molecule has 110 valence electrons. The van der Waals surface area contributed by atoms with Crippen LogP contribution in [0.3, 0.4) is 0 Å². The number of hydrogen-bond donors (Lipinski definition) is 0. The average molecular weight is 290 g/mol. The maximum Gasteiger partial charge on any atom is 0.573 e. The van der Waals surface area contributed by atoms with Crippen molar-refractivity contribution in [2.45, 2.75) is 32.7 Å². The molecule has 0 aliphatic heterocycles. The normalized spacial score (nSPS) is 11.9. The van der Waals surface area contributed by atoms with Gasteiger partial charge in [-0.1, -0.05) is 12.1 Å². The number of Topliss-reactive ketones (excluding diaryl/α,β-unsaturated/α-hetero) is 1. The largest absolute Gasteiger partial charge is 0.573 e. The Kier molecular flexibility index (Phi) is 4.42. The Morgan fingerprint density at radius 2 is 1.65 bits per heavy atom. The number of esters is 1. The predicted molar refractivity (Wildman–Crippen MR) is 63.3 cm³/mol. The molecule has 4 nitrogen and oxygen atoms in total. The Hall–Kier alpha value is -2.05. The van der Waals surface area contributed by atoms with Gasteiger partial charge in [0.05, 0.1) is 5.56 Å². The number of hydrogen-bond acceptors (Lipinski definition) is 4. The first-order chi connectivity index (χ1) is 9.03. The summed E-state index contributed by atoms with van der Waals surface area (Å²) in [6.45, 7) is 3.69. The van der Waals surface area contributed by atoms with Gasteiger partial charge < -0.3 is 9.47 Å². The molecule has 1 aromatic rings. The van der Waals surface area contributed by atoms with E-state index in [0.717, 1.165) is 13.0 Å². The zero-order chi connectivity index (χ0) is 15.6. The molecular formula is C13H13F3O4. The molecule has 0 radical (unpaired) electrons. The van der Waals surface area contributed by atoms with Crippen molar-refractivity contribution < 1.29 is 32.2 Å². The molecule has 1 rings (SSSR count). The van der Waals surface area contributed by atoms with Gasteiger partial charge in [0.1, 0.15) is 5.75 Å². The monoisotopic (exact) mass is 290 g/mol. The van der Waals surface area contributed by atoms with Gasteiger partial charge in [-0.3, -0.25) is 9.59 Å². The molecule has 7 heteroatoms. The van der Waals surface area contributed by atoms with Gasteiger partial charge in [-0.15, -0.1) is 13.2 Å². The highest BCUT2D eigenvalue weighted by Crippen LogP contribution is 2.29. The molecule has 0 aliphatic carbocycles. The molecule has 0 fully saturated rings. The van der Waals surface area contributed by atoms with Crippen LogP contribution in [0.15, 0.2) is 24.3 Å². The molecule has 0 spiro atoms. The van der Waals surface area contributed by atoms with Crippen molar-refractivity contribution in [1.82, 2.24) is 0 Å². The third kappa shape index (κ3) is 4.25. The topological polar surface area (TPSA) is 52.6 Å². The van der Waals surface area contributed by atoms with E-state index < -0.39 is 29.5 Å². The number of carbonyl (C=O) groups excluding carboxylic acids is 2. The first-order valence-electron chi connectivity index (χ1n) is 5.62. The lowest BCUT2D eigenvalue weighted by molar-refractivity contribution is -0.274. The maximum absolute atomic E-state index is 12.3. The number of alkyl halides is 3. The lowest BCUT2D eigenvalue weighted by Crippen LogP contribution is -2.37. The van der Waals surface area contributed by atoms with Gasteiger partial charge in [0.15, 0.2) is 5.60 Å². The Bertz CT molecular complexity index is 521. The molecule has 0 bridgehead atoms. The summed E-state index contributed by atoms with van der Waals surface area (Å²) in [5.41, 5.74) is -1.90. The lowest BCUT2D eigenvalue weighted by atomic mass is 9.96. The maximum atomic E-state index is 12.3. The molecule has 0 amide bonds. The number of carbonyl (C=O) groups is 2. The second-order valence-electron chi connectivity index (χ2n) is 4.48. The Morgan fingerprint density at radius 3 is 2.15 bits per heavy atom. The molecule has 20 heavy (non-hydrogen) atoms.